The predicted molar refractivity (Wildman–Crippen MR) is 86.6 cm³/mol. The van der Waals surface area contributed by atoms with E-state index in [1.165, 1.54) is 0 Å². The van der Waals surface area contributed by atoms with Crippen LogP contribution in [-0.2, 0) is 0 Å². The highest BCUT2D eigenvalue weighted by Gasteiger charge is 2.29. The monoisotopic (exact) mass is 314 g/mol. The van der Waals surface area contributed by atoms with E-state index < -0.39 is 0 Å². The van der Waals surface area contributed by atoms with Crippen molar-refractivity contribution in [2.24, 2.45) is 5.92 Å². The van der Waals surface area contributed by atoms with Gasteiger partial charge in [0.15, 0.2) is 0 Å². The third-order valence-electron chi connectivity index (χ3n) is 4.70. The fourth-order valence-electron chi connectivity index (χ4n) is 2.98. The zero-order chi connectivity index (χ0) is 16.0. The van der Waals surface area contributed by atoms with E-state index in [0.29, 0.717) is 29.7 Å². The molecular weight excluding hydrogens is 292 g/mol. The second kappa shape index (κ2) is 5.60. The molecule has 3 heterocycles. The summed E-state index contributed by atoms with van der Waals surface area (Å²) in [5.41, 5.74) is 2.92. The quantitative estimate of drug-likeness (QED) is 0.884. The summed E-state index contributed by atoms with van der Waals surface area (Å²) in [4.78, 5) is 17.3. The molecule has 0 unspecified atom stereocenters. The summed E-state index contributed by atoms with van der Waals surface area (Å²) in [5.74, 6) is 1.14. The second-order valence-corrected chi connectivity index (χ2v) is 7.01. The van der Waals surface area contributed by atoms with E-state index in [1.807, 2.05) is 19.9 Å². The molecule has 1 aliphatic heterocycles. The number of nitrogens with one attached hydrogen (secondary N) is 2. The molecule has 2 fully saturated rings. The van der Waals surface area contributed by atoms with E-state index in [1.54, 1.807) is 0 Å². The van der Waals surface area contributed by atoms with Gasteiger partial charge < -0.3 is 15.2 Å². The van der Waals surface area contributed by atoms with Crippen molar-refractivity contribution < 1.29 is 9.32 Å². The van der Waals surface area contributed by atoms with Gasteiger partial charge >= 0.3 is 0 Å². The van der Waals surface area contributed by atoms with Crippen molar-refractivity contribution in [1.82, 2.24) is 20.8 Å². The number of hydrogen-bond donors (Lipinski definition) is 2. The number of rotatable bonds is 5. The van der Waals surface area contributed by atoms with E-state index in [4.69, 9.17) is 4.52 Å². The van der Waals surface area contributed by atoms with Crippen LogP contribution < -0.4 is 10.6 Å². The van der Waals surface area contributed by atoms with Crippen LogP contribution in [0.4, 0.5) is 0 Å². The number of nitrogens with zero attached hydrogens (tertiary/aromatic N) is 2. The fourth-order valence-corrected chi connectivity index (χ4v) is 2.98. The summed E-state index contributed by atoms with van der Waals surface area (Å²) >= 11 is 0. The average molecular weight is 314 g/mol. The molecule has 6 nitrogen and oxygen atoms in total. The molecule has 0 radical (unpaired) electrons. The van der Waals surface area contributed by atoms with Gasteiger partial charge in [-0.05, 0) is 24.8 Å². The molecule has 0 aromatic carbocycles. The molecule has 2 aromatic rings. The van der Waals surface area contributed by atoms with Crippen molar-refractivity contribution >= 4 is 17.0 Å². The summed E-state index contributed by atoms with van der Waals surface area (Å²) < 4.78 is 5.43. The number of amides is 1. The van der Waals surface area contributed by atoms with Crippen molar-refractivity contribution in [3.63, 3.8) is 0 Å². The Balaban J connectivity index is 1.71. The SMILES string of the molecule is CC(C)c1noc2nc(C3CC3)cc(C(=O)NCC3CNC3)c12. The van der Waals surface area contributed by atoms with Gasteiger partial charge in [0.05, 0.1) is 16.6 Å². The third kappa shape index (κ3) is 2.72. The predicted octanol–water partition coefficient (Wildman–Crippen LogP) is 2.17. The number of fused-ring (bicyclic) bond motifs is 1. The summed E-state index contributed by atoms with van der Waals surface area (Å²) in [6.07, 6.45) is 2.27. The number of aromatic nitrogens is 2. The van der Waals surface area contributed by atoms with Crippen LogP contribution in [0.3, 0.4) is 0 Å². The Morgan fingerprint density at radius 2 is 2.22 bits per heavy atom. The number of carbonyl (C=O) groups excluding carboxylic acids is 1. The lowest BCUT2D eigenvalue weighted by Crippen LogP contribution is -2.48. The molecule has 1 amide bonds. The lowest BCUT2D eigenvalue weighted by molar-refractivity contribution is 0.0943. The van der Waals surface area contributed by atoms with Crippen LogP contribution in [-0.4, -0.2) is 35.7 Å². The Hall–Kier alpha value is -1.95. The van der Waals surface area contributed by atoms with Crippen LogP contribution in [0.2, 0.25) is 0 Å². The van der Waals surface area contributed by atoms with Crippen molar-refractivity contribution in [3.05, 3.63) is 23.0 Å². The Kier molecular flexibility index (Phi) is 3.56. The minimum atomic E-state index is -0.0451. The van der Waals surface area contributed by atoms with Gasteiger partial charge in [0.25, 0.3) is 11.6 Å². The van der Waals surface area contributed by atoms with E-state index in [2.05, 4.69) is 20.8 Å². The van der Waals surface area contributed by atoms with Gasteiger partial charge in [-0.2, -0.15) is 0 Å². The largest absolute Gasteiger partial charge is 0.352 e. The maximum atomic E-state index is 12.7. The first-order chi connectivity index (χ1) is 11.1. The highest BCUT2D eigenvalue weighted by molar-refractivity contribution is 6.06. The van der Waals surface area contributed by atoms with E-state index in [-0.39, 0.29) is 11.8 Å². The Morgan fingerprint density at radius 1 is 1.43 bits per heavy atom. The van der Waals surface area contributed by atoms with Crippen LogP contribution >= 0.6 is 0 Å². The van der Waals surface area contributed by atoms with Gasteiger partial charge in [-0.1, -0.05) is 19.0 Å². The smallest absolute Gasteiger partial charge is 0.259 e. The van der Waals surface area contributed by atoms with Crippen molar-refractivity contribution in [2.45, 2.75) is 38.5 Å². The number of carbonyl (C=O) groups is 1. The van der Waals surface area contributed by atoms with Crippen molar-refractivity contribution in [1.29, 1.82) is 0 Å². The first-order valence-electron chi connectivity index (χ1n) is 8.42. The number of pyridine rings is 1. The molecule has 4 rings (SSSR count). The minimum Gasteiger partial charge on any atom is -0.352 e. The highest BCUT2D eigenvalue weighted by atomic mass is 16.5. The lowest BCUT2D eigenvalue weighted by atomic mass is 10.0. The molecule has 23 heavy (non-hydrogen) atoms. The van der Waals surface area contributed by atoms with Crippen LogP contribution in [0.25, 0.3) is 11.1 Å². The molecule has 2 aromatic heterocycles. The first-order valence-corrected chi connectivity index (χ1v) is 8.42. The molecule has 122 valence electrons. The zero-order valence-corrected chi connectivity index (χ0v) is 13.6. The topological polar surface area (TPSA) is 80.0 Å². The molecule has 0 spiro atoms. The number of hydrogen-bond acceptors (Lipinski definition) is 5. The molecule has 1 aliphatic carbocycles. The standard InChI is InChI=1S/C17H22N4O2/c1-9(2)15-14-12(16(22)19-8-10-6-18-7-10)5-13(11-3-4-11)20-17(14)23-21-15/h5,9-11,18H,3-4,6-8H2,1-2H3,(H,19,22). The van der Waals surface area contributed by atoms with Crippen molar-refractivity contribution in [2.75, 3.05) is 19.6 Å². The van der Waals surface area contributed by atoms with Crippen LogP contribution in [0.1, 0.15) is 60.3 Å². The summed E-state index contributed by atoms with van der Waals surface area (Å²) in [6.45, 7) is 6.76. The van der Waals surface area contributed by atoms with E-state index >= 15 is 0 Å². The van der Waals surface area contributed by atoms with Gasteiger partial charge in [-0.25, -0.2) is 4.98 Å². The van der Waals surface area contributed by atoms with Crippen LogP contribution in [0.15, 0.2) is 10.6 Å². The van der Waals surface area contributed by atoms with Gasteiger partial charge in [0.2, 0.25) is 0 Å². The molecule has 6 heteroatoms. The normalized spacial score (nSPS) is 18.4. The average Bonchev–Trinajstić information content (AvgIpc) is 3.23. The minimum absolute atomic E-state index is 0.0451. The summed E-state index contributed by atoms with van der Waals surface area (Å²) in [6, 6.07) is 1.94. The molecule has 1 saturated heterocycles. The highest BCUT2D eigenvalue weighted by Crippen LogP contribution is 2.41. The first kappa shape index (κ1) is 14.6. The van der Waals surface area contributed by atoms with Gasteiger partial charge in [0.1, 0.15) is 0 Å². The molecule has 2 aliphatic rings. The summed E-state index contributed by atoms with van der Waals surface area (Å²) in [5, 5.41) is 11.2. The molecule has 0 bridgehead atoms. The Morgan fingerprint density at radius 3 is 2.83 bits per heavy atom. The maximum absolute atomic E-state index is 12.7. The zero-order valence-electron chi connectivity index (χ0n) is 13.6. The van der Waals surface area contributed by atoms with Crippen LogP contribution in [0.5, 0.6) is 0 Å². The van der Waals surface area contributed by atoms with Gasteiger partial charge in [-0.15, -0.1) is 0 Å². The summed E-state index contributed by atoms with van der Waals surface area (Å²) in [7, 11) is 0. The molecular formula is C17H22N4O2. The maximum Gasteiger partial charge on any atom is 0.259 e. The van der Waals surface area contributed by atoms with Gasteiger partial charge in [-0.3, -0.25) is 4.79 Å². The fraction of sp³-hybridized carbons (Fsp3) is 0.588. The molecule has 1 saturated carbocycles. The van der Waals surface area contributed by atoms with E-state index in [0.717, 1.165) is 42.7 Å². The molecule has 2 N–H and O–H groups in total. The molecule has 0 atom stereocenters. The van der Waals surface area contributed by atoms with Gasteiger partial charge in [0, 0.05) is 37.2 Å². The van der Waals surface area contributed by atoms with E-state index in [9.17, 15) is 4.79 Å². The Labute approximate surface area is 135 Å². The Bertz CT molecular complexity index is 744. The lowest BCUT2D eigenvalue weighted by Gasteiger charge is -2.27. The third-order valence-corrected chi connectivity index (χ3v) is 4.70. The second-order valence-electron chi connectivity index (χ2n) is 7.01. The van der Waals surface area contributed by atoms with Crippen LogP contribution in [0, 0.1) is 5.92 Å². The van der Waals surface area contributed by atoms with Crippen molar-refractivity contribution in [3.8, 4) is 0 Å².